The zero-order chi connectivity index (χ0) is 10.1. The third-order valence-corrected chi connectivity index (χ3v) is 2.84. The summed E-state index contributed by atoms with van der Waals surface area (Å²) in [5, 5.41) is 8.72. The van der Waals surface area contributed by atoms with Crippen LogP contribution >= 0.6 is 0 Å². The number of aromatic amines is 1. The standard InChI is InChI=1S/C12H16N2/c1-4-9(3)12-10-7-8(2)5-6-11(10)13-14-12/h5-7,9H,4H2,1-3H3,(H,13,14). The number of nitrogens with zero attached hydrogens (tertiary/aromatic N) is 1. The van der Waals surface area contributed by atoms with E-state index in [4.69, 9.17) is 0 Å². The van der Waals surface area contributed by atoms with Crippen molar-refractivity contribution < 1.29 is 0 Å². The van der Waals surface area contributed by atoms with Gasteiger partial charge in [0, 0.05) is 11.1 Å². The highest BCUT2D eigenvalue weighted by atomic mass is 15.1. The third-order valence-electron chi connectivity index (χ3n) is 2.84. The lowest BCUT2D eigenvalue weighted by atomic mass is 10.0. The molecule has 1 unspecified atom stereocenters. The summed E-state index contributed by atoms with van der Waals surface area (Å²) in [7, 11) is 0. The second kappa shape index (κ2) is 3.45. The molecule has 1 aromatic heterocycles. The number of aryl methyl sites for hydroxylation is 1. The van der Waals surface area contributed by atoms with E-state index >= 15 is 0 Å². The molecule has 2 nitrogen and oxygen atoms in total. The van der Waals surface area contributed by atoms with Crippen molar-refractivity contribution >= 4 is 10.9 Å². The van der Waals surface area contributed by atoms with Crippen molar-refractivity contribution in [3.8, 4) is 0 Å². The maximum absolute atomic E-state index is 4.30. The summed E-state index contributed by atoms with van der Waals surface area (Å²) in [5.74, 6) is 0.557. The van der Waals surface area contributed by atoms with Gasteiger partial charge in [-0.05, 0) is 31.4 Å². The van der Waals surface area contributed by atoms with Crippen LogP contribution in [-0.2, 0) is 0 Å². The Morgan fingerprint density at radius 1 is 1.43 bits per heavy atom. The summed E-state index contributed by atoms with van der Waals surface area (Å²) in [5.41, 5.74) is 3.64. The smallest absolute Gasteiger partial charge is 0.0924 e. The first-order valence-electron chi connectivity index (χ1n) is 5.17. The van der Waals surface area contributed by atoms with E-state index in [0.717, 1.165) is 11.9 Å². The minimum absolute atomic E-state index is 0.557. The van der Waals surface area contributed by atoms with Gasteiger partial charge >= 0.3 is 0 Å². The Hall–Kier alpha value is -1.31. The van der Waals surface area contributed by atoms with Gasteiger partial charge in [-0.2, -0.15) is 5.10 Å². The second-order valence-corrected chi connectivity index (χ2v) is 3.97. The van der Waals surface area contributed by atoms with Gasteiger partial charge in [-0.1, -0.05) is 25.5 Å². The summed E-state index contributed by atoms with van der Waals surface area (Å²) >= 11 is 0. The van der Waals surface area contributed by atoms with E-state index in [1.807, 2.05) is 0 Å². The van der Waals surface area contributed by atoms with E-state index in [2.05, 4.69) is 49.2 Å². The maximum Gasteiger partial charge on any atom is 0.0924 e. The van der Waals surface area contributed by atoms with Gasteiger partial charge in [0.15, 0.2) is 0 Å². The molecule has 2 rings (SSSR count). The zero-order valence-corrected chi connectivity index (χ0v) is 8.96. The second-order valence-electron chi connectivity index (χ2n) is 3.97. The summed E-state index contributed by atoms with van der Waals surface area (Å²) < 4.78 is 0. The van der Waals surface area contributed by atoms with Crippen molar-refractivity contribution in [1.29, 1.82) is 0 Å². The number of rotatable bonds is 2. The van der Waals surface area contributed by atoms with Crippen LogP contribution in [0.1, 0.15) is 37.4 Å². The van der Waals surface area contributed by atoms with Gasteiger partial charge < -0.3 is 0 Å². The fraction of sp³-hybridized carbons (Fsp3) is 0.417. The van der Waals surface area contributed by atoms with Crippen LogP contribution in [0.5, 0.6) is 0 Å². The largest absolute Gasteiger partial charge is 0.281 e. The zero-order valence-electron chi connectivity index (χ0n) is 8.96. The molecule has 0 amide bonds. The highest BCUT2D eigenvalue weighted by Crippen LogP contribution is 2.25. The Bertz CT molecular complexity index is 443. The lowest BCUT2D eigenvalue weighted by Crippen LogP contribution is -1.92. The number of fused-ring (bicyclic) bond motifs is 1. The number of aromatic nitrogens is 2. The van der Waals surface area contributed by atoms with Crippen molar-refractivity contribution in [2.45, 2.75) is 33.1 Å². The molecule has 0 saturated carbocycles. The molecule has 0 fully saturated rings. The first-order valence-corrected chi connectivity index (χ1v) is 5.17. The molecule has 74 valence electrons. The first-order chi connectivity index (χ1) is 6.72. The molecule has 1 atom stereocenters. The van der Waals surface area contributed by atoms with E-state index < -0.39 is 0 Å². The van der Waals surface area contributed by atoms with E-state index in [1.54, 1.807) is 0 Å². The number of hydrogen-bond acceptors (Lipinski definition) is 1. The monoisotopic (exact) mass is 188 g/mol. The molecule has 2 aromatic rings. The highest BCUT2D eigenvalue weighted by molar-refractivity contribution is 5.82. The van der Waals surface area contributed by atoms with Gasteiger partial charge in [-0.15, -0.1) is 0 Å². The topological polar surface area (TPSA) is 28.7 Å². The molecule has 0 spiro atoms. The average Bonchev–Trinajstić information content (AvgIpc) is 2.59. The fourth-order valence-electron chi connectivity index (χ4n) is 1.72. The quantitative estimate of drug-likeness (QED) is 0.769. The maximum atomic E-state index is 4.30. The molecule has 0 saturated heterocycles. The molecule has 14 heavy (non-hydrogen) atoms. The van der Waals surface area contributed by atoms with Crippen molar-refractivity contribution in [3.63, 3.8) is 0 Å². The molecule has 0 bridgehead atoms. The van der Waals surface area contributed by atoms with Crippen LogP contribution in [0, 0.1) is 6.92 Å². The van der Waals surface area contributed by atoms with Crippen molar-refractivity contribution in [1.82, 2.24) is 10.2 Å². The lowest BCUT2D eigenvalue weighted by molar-refractivity contribution is 0.708. The molecule has 0 aliphatic rings. The van der Waals surface area contributed by atoms with Gasteiger partial charge in [0.05, 0.1) is 5.52 Å². The van der Waals surface area contributed by atoms with Crippen molar-refractivity contribution in [3.05, 3.63) is 29.5 Å². The summed E-state index contributed by atoms with van der Waals surface area (Å²) in [6.07, 6.45) is 1.14. The van der Waals surface area contributed by atoms with Gasteiger partial charge in [0.25, 0.3) is 0 Å². The van der Waals surface area contributed by atoms with Crippen molar-refractivity contribution in [2.24, 2.45) is 0 Å². The Balaban J connectivity index is 2.61. The van der Waals surface area contributed by atoms with E-state index in [9.17, 15) is 0 Å². The number of benzene rings is 1. The number of nitrogens with one attached hydrogen (secondary N) is 1. The predicted octanol–water partition coefficient (Wildman–Crippen LogP) is 3.38. The minimum Gasteiger partial charge on any atom is -0.281 e. The molecule has 0 aliphatic carbocycles. The average molecular weight is 188 g/mol. The Morgan fingerprint density at radius 2 is 2.21 bits per heavy atom. The van der Waals surface area contributed by atoms with Crippen LogP contribution in [0.15, 0.2) is 18.2 Å². The molecule has 1 N–H and O–H groups in total. The molecule has 0 aliphatic heterocycles. The SMILES string of the molecule is CCC(C)c1[nH]nc2ccc(C)cc12. The van der Waals surface area contributed by atoms with Crippen LogP contribution in [-0.4, -0.2) is 10.2 Å². The van der Waals surface area contributed by atoms with Gasteiger partial charge in [0.1, 0.15) is 0 Å². The summed E-state index contributed by atoms with van der Waals surface area (Å²) in [4.78, 5) is 0. The third kappa shape index (κ3) is 1.41. The van der Waals surface area contributed by atoms with E-state index in [-0.39, 0.29) is 0 Å². The Kier molecular flexibility index (Phi) is 2.28. The molecule has 0 radical (unpaired) electrons. The molecular weight excluding hydrogens is 172 g/mol. The van der Waals surface area contributed by atoms with Gasteiger partial charge in [-0.3, -0.25) is 5.10 Å². The Morgan fingerprint density at radius 3 is 2.93 bits per heavy atom. The predicted molar refractivity (Wildman–Crippen MR) is 59.5 cm³/mol. The minimum atomic E-state index is 0.557. The molecule has 1 aromatic carbocycles. The first kappa shape index (κ1) is 9.25. The van der Waals surface area contributed by atoms with Gasteiger partial charge in [-0.25, -0.2) is 0 Å². The van der Waals surface area contributed by atoms with Crippen molar-refractivity contribution in [2.75, 3.05) is 0 Å². The van der Waals surface area contributed by atoms with Gasteiger partial charge in [0.2, 0.25) is 0 Å². The van der Waals surface area contributed by atoms with Crippen LogP contribution in [0.25, 0.3) is 10.9 Å². The lowest BCUT2D eigenvalue weighted by Gasteiger charge is -2.05. The number of H-pyrrole nitrogens is 1. The molecular formula is C12H16N2. The van der Waals surface area contributed by atoms with Crippen LogP contribution in [0.4, 0.5) is 0 Å². The Labute approximate surface area is 84.3 Å². The van der Waals surface area contributed by atoms with E-state index in [1.165, 1.54) is 16.6 Å². The summed E-state index contributed by atoms with van der Waals surface area (Å²) in [6.45, 7) is 6.55. The van der Waals surface area contributed by atoms with E-state index in [0.29, 0.717) is 5.92 Å². The summed E-state index contributed by atoms with van der Waals surface area (Å²) in [6, 6.07) is 6.39. The fourth-order valence-corrected chi connectivity index (χ4v) is 1.72. The normalized spacial score (nSPS) is 13.4. The molecule has 1 heterocycles. The van der Waals surface area contributed by atoms with Crippen LogP contribution in [0.2, 0.25) is 0 Å². The molecule has 2 heteroatoms. The van der Waals surface area contributed by atoms with Crippen LogP contribution < -0.4 is 0 Å². The highest BCUT2D eigenvalue weighted by Gasteiger charge is 2.10. The number of hydrogen-bond donors (Lipinski definition) is 1. The van der Waals surface area contributed by atoms with Crippen LogP contribution in [0.3, 0.4) is 0 Å².